The molecule has 0 saturated carbocycles. The van der Waals surface area contributed by atoms with Crippen LogP contribution in [-0.4, -0.2) is 30.7 Å². The summed E-state index contributed by atoms with van der Waals surface area (Å²) < 4.78 is 10.7. The maximum atomic E-state index is 5.74. The minimum absolute atomic E-state index is 0.184. The molecule has 0 amide bonds. The fourth-order valence-corrected chi connectivity index (χ4v) is 1.06. The van der Waals surface area contributed by atoms with Crippen molar-refractivity contribution >= 4 is 16.8 Å². The van der Waals surface area contributed by atoms with E-state index in [-0.39, 0.29) is 6.10 Å². The third kappa shape index (κ3) is 2.15. The Kier molecular flexibility index (Phi) is 2.52. The molecule has 1 rings (SSSR count). The Morgan fingerprint density at radius 3 is 2.64 bits per heavy atom. The van der Waals surface area contributed by atoms with Gasteiger partial charge in [-0.15, -0.1) is 0 Å². The van der Waals surface area contributed by atoms with Crippen molar-refractivity contribution in [1.82, 2.24) is 0 Å². The number of hydrogen-bond acceptors (Lipinski definition) is 3. The van der Waals surface area contributed by atoms with E-state index in [9.17, 15) is 0 Å². The highest BCUT2D eigenvalue weighted by atomic mass is 35.5. The van der Waals surface area contributed by atoms with E-state index in [1.54, 1.807) is 7.05 Å². The Morgan fingerprint density at radius 1 is 1.64 bits per heavy atom. The van der Waals surface area contributed by atoms with Crippen molar-refractivity contribution in [3.8, 4) is 0 Å². The second-order valence-electron chi connectivity index (χ2n) is 2.86. The summed E-state index contributed by atoms with van der Waals surface area (Å²) >= 11 is 5.74. The molecular formula is C7H12ClNO2. The van der Waals surface area contributed by atoms with Crippen molar-refractivity contribution < 1.29 is 9.47 Å². The Morgan fingerprint density at radius 2 is 2.27 bits per heavy atom. The molecule has 3 nitrogen and oxygen atoms in total. The molecule has 1 aliphatic heterocycles. The number of halogens is 1. The number of rotatable bonds is 1. The molecule has 0 aliphatic carbocycles. The van der Waals surface area contributed by atoms with E-state index >= 15 is 0 Å². The Hall–Kier alpha value is -0.120. The molecule has 1 saturated heterocycles. The maximum Gasteiger partial charge on any atom is 0.163 e. The van der Waals surface area contributed by atoms with Crippen molar-refractivity contribution in [2.45, 2.75) is 25.7 Å². The lowest BCUT2D eigenvalue weighted by molar-refractivity contribution is -0.131. The number of ether oxygens (including phenoxy) is 2. The van der Waals surface area contributed by atoms with Crippen LogP contribution in [0.15, 0.2) is 4.99 Å². The molecule has 0 unspecified atom stereocenters. The van der Waals surface area contributed by atoms with Gasteiger partial charge in [-0.2, -0.15) is 0 Å². The third-order valence-corrected chi connectivity index (χ3v) is 1.90. The quantitative estimate of drug-likeness (QED) is 0.567. The highest BCUT2D eigenvalue weighted by molar-refractivity contribution is 6.66. The first-order valence-corrected chi connectivity index (χ1v) is 3.87. The average Bonchev–Trinajstić information content (AvgIpc) is 2.29. The molecule has 0 bridgehead atoms. The van der Waals surface area contributed by atoms with Crippen LogP contribution in [0.2, 0.25) is 0 Å². The van der Waals surface area contributed by atoms with Gasteiger partial charge in [0.25, 0.3) is 0 Å². The zero-order valence-electron chi connectivity index (χ0n) is 6.93. The molecule has 1 heterocycles. The molecular weight excluding hydrogens is 166 g/mol. The van der Waals surface area contributed by atoms with Crippen LogP contribution >= 0.6 is 11.6 Å². The van der Waals surface area contributed by atoms with E-state index in [0.29, 0.717) is 11.8 Å². The molecule has 1 fully saturated rings. The van der Waals surface area contributed by atoms with Crippen LogP contribution in [0, 0.1) is 0 Å². The molecule has 0 radical (unpaired) electrons. The van der Waals surface area contributed by atoms with Gasteiger partial charge in [-0.05, 0) is 13.8 Å². The zero-order valence-corrected chi connectivity index (χ0v) is 7.68. The summed E-state index contributed by atoms with van der Waals surface area (Å²) in [6.07, 6.45) is -0.184. The van der Waals surface area contributed by atoms with E-state index in [1.165, 1.54) is 0 Å². The summed E-state index contributed by atoms with van der Waals surface area (Å²) in [5, 5.41) is 0.468. The number of hydrogen-bond donors (Lipinski definition) is 0. The van der Waals surface area contributed by atoms with Gasteiger partial charge in [0.15, 0.2) is 5.79 Å². The van der Waals surface area contributed by atoms with Crippen molar-refractivity contribution in [2.24, 2.45) is 4.99 Å². The zero-order chi connectivity index (χ0) is 8.48. The Bertz CT molecular complexity index is 179. The molecule has 64 valence electrons. The highest BCUT2D eigenvalue weighted by Crippen LogP contribution is 2.23. The first-order valence-electron chi connectivity index (χ1n) is 3.49. The fraction of sp³-hybridized carbons (Fsp3) is 0.857. The van der Waals surface area contributed by atoms with Gasteiger partial charge in [0.05, 0.1) is 6.61 Å². The predicted molar refractivity (Wildman–Crippen MR) is 44.1 cm³/mol. The van der Waals surface area contributed by atoms with E-state index < -0.39 is 5.79 Å². The lowest BCUT2D eigenvalue weighted by atomic mass is 10.4. The van der Waals surface area contributed by atoms with E-state index in [4.69, 9.17) is 21.1 Å². The number of aliphatic imine (C=N–C) groups is 1. The van der Waals surface area contributed by atoms with Gasteiger partial charge in [0, 0.05) is 7.05 Å². The Labute approximate surface area is 71.3 Å². The van der Waals surface area contributed by atoms with Crippen molar-refractivity contribution in [3.05, 3.63) is 0 Å². The highest BCUT2D eigenvalue weighted by Gasteiger charge is 2.34. The van der Waals surface area contributed by atoms with E-state index in [0.717, 1.165) is 0 Å². The third-order valence-electron chi connectivity index (χ3n) is 1.49. The Balaban J connectivity index is 2.55. The van der Waals surface area contributed by atoms with Gasteiger partial charge < -0.3 is 9.47 Å². The molecule has 0 aromatic heterocycles. The van der Waals surface area contributed by atoms with Crippen LogP contribution in [0.3, 0.4) is 0 Å². The molecule has 1 atom stereocenters. The standard InChI is InChI=1S/C7H12ClNO2/c1-7(2)10-4-5(11-7)6(8)9-3/h5H,4H2,1-3H3/t5-/m1/s1. The first kappa shape index (κ1) is 8.97. The SMILES string of the molecule is CN=C(Cl)[C@H]1COC(C)(C)O1. The predicted octanol–water partition coefficient (Wildman–Crippen LogP) is 1.41. The van der Waals surface area contributed by atoms with Gasteiger partial charge in [0.1, 0.15) is 11.3 Å². The molecule has 0 spiro atoms. The van der Waals surface area contributed by atoms with E-state index in [1.807, 2.05) is 13.8 Å². The van der Waals surface area contributed by atoms with Gasteiger partial charge in [-0.25, -0.2) is 0 Å². The van der Waals surface area contributed by atoms with E-state index in [2.05, 4.69) is 4.99 Å². The van der Waals surface area contributed by atoms with Crippen molar-refractivity contribution in [3.63, 3.8) is 0 Å². The van der Waals surface area contributed by atoms with Crippen molar-refractivity contribution in [2.75, 3.05) is 13.7 Å². The topological polar surface area (TPSA) is 30.8 Å². The van der Waals surface area contributed by atoms with Crippen LogP contribution in [0.4, 0.5) is 0 Å². The summed E-state index contributed by atoms with van der Waals surface area (Å²) in [5.41, 5.74) is 0. The fourth-order valence-electron chi connectivity index (χ4n) is 0.948. The molecule has 4 heteroatoms. The summed E-state index contributed by atoms with van der Waals surface area (Å²) in [7, 11) is 1.64. The smallest absolute Gasteiger partial charge is 0.163 e. The second-order valence-corrected chi connectivity index (χ2v) is 3.25. The van der Waals surface area contributed by atoms with Crippen LogP contribution in [0.5, 0.6) is 0 Å². The number of nitrogens with zero attached hydrogens (tertiary/aromatic N) is 1. The van der Waals surface area contributed by atoms with Gasteiger partial charge >= 0.3 is 0 Å². The molecule has 0 N–H and O–H groups in total. The summed E-state index contributed by atoms with van der Waals surface area (Å²) in [6, 6.07) is 0. The minimum atomic E-state index is -0.518. The summed E-state index contributed by atoms with van der Waals surface area (Å²) in [6.45, 7) is 4.20. The minimum Gasteiger partial charge on any atom is -0.347 e. The van der Waals surface area contributed by atoms with Gasteiger partial charge in [0.2, 0.25) is 0 Å². The average molecular weight is 178 g/mol. The molecule has 0 aromatic rings. The van der Waals surface area contributed by atoms with Gasteiger partial charge in [-0.3, -0.25) is 4.99 Å². The normalized spacial score (nSPS) is 30.9. The second kappa shape index (κ2) is 3.09. The summed E-state index contributed by atoms with van der Waals surface area (Å²) in [4.78, 5) is 3.81. The molecule has 11 heavy (non-hydrogen) atoms. The summed E-state index contributed by atoms with van der Waals surface area (Å²) in [5.74, 6) is -0.518. The molecule has 0 aromatic carbocycles. The lowest BCUT2D eigenvalue weighted by Crippen LogP contribution is -2.24. The maximum absolute atomic E-state index is 5.74. The monoisotopic (exact) mass is 177 g/mol. The van der Waals surface area contributed by atoms with Crippen molar-refractivity contribution in [1.29, 1.82) is 0 Å². The molecule has 1 aliphatic rings. The first-order chi connectivity index (χ1) is 5.05. The van der Waals surface area contributed by atoms with Crippen LogP contribution in [0.1, 0.15) is 13.8 Å². The van der Waals surface area contributed by atoms with Crippen LogP contribution < -0.4 is 0 Å². The lowest BCUT2D eigenvalue weighted by Gasteiger charge is -2.16. The van der Waals surface area contributed by atoms with Gasteiger partial charge in [-0.1, -0.05) is 11.6 Å². The van der Waals surface area contributed by atoms with Crippen LogP contribution in [0.25, 0.3) is 0 Å². The van der Waals surface area contributed by atoms with Crippen LogP contribution in [-0.2, 0) is 9.47 Å². The largest absolute Gasteiger partial charge is 0.347 e.